The fourth-order valence-corrected chi connectivity index (χ4v) is 4.83. The highest BCUT2D eigenvalue weighted by atomic mass is 32.2. The van der Waals surface area contributed by atoms with Crippen LogP contribution in [0.4, 0.5) is 0 Å². The molecule has 0 saturated carbocycles. The molecular formula is C24H18N2OS. The highest BCUT2D eigenvalue weighted by molar-refractivity contribution is 7.99. The third kappa shape index (κ3) is 2.86. The van der Waals surface area contributed by atoms with Gasteiger partial charge in [0, 0.05) is 27.5 Å². The Labute approximate surface area is 168 Å². The van der Waals surface area contributed by atoms with Crippen LogP contribution in [0.5, 0.6) is 0 Å². The van der Waals surface area contributed by atoms with Crippen molar-refractivity contribution >= 4 is 18.0 Å². The molecule has 0 fully saturated rings. The minimum absolute atomic E-state index is 0.484. The molecule has 0 bridgehead atoms. The second kappa shape index (κ2) is 7.13. The van der Waals surface area contributed by atoms with Crippen molar-refractivity contribution in [2.75, 3.05) is 0 Å². The molecule has 4 heteroatoms. The Morgan fingerprint density at radius 1 is 0.821 bits per heavy atom. The summed E-state index contributed by atoms with van der Waals surface area (Å²) in [6, 6.07) is 27.0. The largest absolute Gasteiger partial charge is 0.321 e. The highest BCUT2D eigenvalue weighted by Crippen LogP contribution is 2.47. The fraction of sp³-hybridized carbons (Fsp3) is 0.0833. The van der Waals surface area contributed by atoms with Crippen LogP contribution in [-0.2, 0) is 13.0 Å². The summed E-state index contributed by atoms with van der Waals surface area (Å²) in [6.45, 7) is 0.710. The van der Waals surface area contributed by atoms with Crippen LogP contribution in [-0.4, -0.2) is 15.8 Å². The van der Waals surface area contributed by atoms with Gasteiger partial charge in [-0.2, -0.15) is 0 Å². The van der Waals surface area contributed by atoms with Gasteiger partial charge in [-0.3, -0.25) is 4.79 Å². The number of fused-ring (bicyclic) bond motifs is 5. The molecule has 0 radical (unpaired) electrons. The number of hydrogen-bond acceptors (Lipinski definition) is 3. The van der Waals surface area contributed by atoms with Gasteiger partial charge in [-0.15, -0.1) is 0 Å². The number of aryl methyl sites for hydroxylation is 1. The van der Waals surface area contributed by atoms with Gasteiger partial charge in [0.15, 0.2) is 12.1 Å². The van der Waals surface area contributed by atoms with E-state index in [1.807, 2.05) is 36.4 Å². The summed E-state index contributed by atoms with van der Waals surface area (Å²) >= 11 is 1.76. The normalized spacial score (nSPS) is 11.9. The van der Waals surface area contributed by atoms with Crippen molar-refractivity contribution in [3.8, 4) is 22.5 Å². The lowest BCUT2D eigenvalue weighted by Gasteiger charge is -2.12. The van der Waals surface area contributed by atoms with E-state index >= 15 is 0 Å². The van der Waals surface area contributed by atoms with Gasteiger partial charge in [-0.25, -0.2) is 4.98 Å². The van der Waals surface area contributed by atoms with E-state index in [0.29, 0.717) is 12.4 Å². The first kappa shape index (κ1) is 17.0. The molecule has 1 aromatic heterocycles. The highest BCUT2D eigenvalue weighted by Gasteiger charge is 2.26. The van der Waals surface area contributed by atoms with Crippen molar-refractivity contribution < 1.29 is 4.79 Å². The molecule has 0 aliphatic carbocycles. The quantitative estimate of drug-likeness (QED) is 0.372. The van der Waals surface area contributed by atoms with Crippen molar-refractivity contribution in [3.05, 3.63) is 90.3 Å². The van der Waals surface area contributed by atoms with E-state index in [9.17, 15) is 4.79 Å². The van der Waals surface area contributed by atoms with E-state index < -0.39 is 0 Å². The molecule has 3 nitrogen and oxygen atoms in total. The molecule has 0 N–H and O–H groups in total. The van der Waals surface area contributed by atoms with Crippen LogP contribution in [0.15, 0.2) is 88.7 Å². The Kier molecular flexibility index (Phi) is 4.34. The van der Waals surface area contributed by atoms with Crippen LogP contribution in [0.2, 0.25) is 0 Å². The van der Waals surface area contributed by atoms with E-state index in [1.165, 1.54) is 15.4 Å². The van der Waals surface area contributed by atoms with E-state index in [4.69, 9.17) is 4.98 Å². The molecular weight excluding hydrogens is 364 g/mol. The van der Waals surface area contributed by atoms with E-state index in [-0.39, 0.29) is 0 Å². The lowest BCUT2D eigenvalue weighted by atomic mass is 10.0. The standard InChI is InChI=1S/C24H18N2OS/c27-16-22-25-23-18-10-4-6-12-20(18)28-21-13-7-5-11-19(21)24(23)26(22)15-14-17-8-2-1-3-9-17/h1-13,16H,14-15H2. The third-order valence-corrected chi connectivity index (χ3v) is 6.23. The zero-order chi connectivity index (χ0) is 18.9. The minimum Gasteiger partial charge on any atom is -0.321 e. The van der Waals surface area contributed by atoms with Gasteiger partial charge in [-0.1, -0.05) is 78.5 Å². The first-order valence-electron chi connectivity index (χ1n) is 9.31. The number of aromatic nitrogens is 2. The summed E-state index contributed by atoms with van der Waals surface area (Å²) in [5.74, 6) is 0.484. The molecule has 0 unspecified atom stereocenters. The first-order chi connectivity index (χ1) is 13.8. The maximum absolute atomic E-state index is 11.9. The second-order valence-corrected chi connectivity index (χ2v) is 7.85. The Hall–Kier alpha value is -3.11. The fourth-order valence-electron chi connectivity index (χ4n) is 3.75. The molecule has 3 aromatic carbocycles. The Morgan fingerprint density at radius 3 is 2.21 bits per heavy atom. The molecule has 28 heavy (non-hydrogen) atoms. The van der Waals surface area contributed by atoms with E-state index in [2.05, 4.69) is 47.0 Å². The van der Waals surface area contributed by atoms with Crippen LogP contribution >= 0.6 is 11.8 Å². The van der Waals surface area contributed by atoms with Crippen LogP contribution < -0.4 is 0 Å². The van der Waals surface area contributed by atoms with Crippen LogP contribution in [0.1, 0.15) is 16.2 Å². The molecule has 0 atom stereocenters. The summed E-state index contributed by atoms with van der Waals surface area (Å²) in [4.78, 5) is 19.0. The average Bonchev–Trinajstić information content (AvgIpc) is 3.05. The van der Waals surface area contributed by atoms with Crippen LogP contribution in [0, 0.1) is 0 Å². The zero-order valence-corrected chi connectivity index (χ0v) is 16.0. The first-order valence-corrected chi connectivity index (χ1v) is 10.1. The van der Waals surface area contributed by atoms with Crippen LogP contribution in [0.3, 0.4) is 0 Å². The van der Waals surface area contributed by atoms with Gasteiger partial charge in [0.1, 0.15) is 0 Å². The van der Waals surface area contributed by atoms with Gasteiger partial charge in [-0.05, 0) is 24.1 Å². The Morgan fingerprint density at radius 2 is 1.46 bits per heavy atom. The summed E-state index contributed by atoms with van der Waals surface area (Å²) < 4.78 is 2.08. The number of imidazole rings is 1. The van der Waals surface area contributed by atoms with E-state index in [0.717, 1.165) is 35.2 Å². The van der Waals surface area contributed by atoms with Gasteiger partial charge < -0.3 is 4.57 Å². The molecule has 0 amide bonds. The molecule has 0 spiro atoms. The van der Waals surface area contributed by atoms with E-state index in [1.54, 1.807) is 11.8 Å². The number of nitrogens with zero attached hydrogens (tertiary/aromatic N) is 2. The molecule has 1 aliphatic rings. The predicted octanol–water partition coefficient (Wildman–Crippen LogP) is 5.74. The number of carbonyl (C=O) groups is 1. The van der Waals surface area contributed by atoms with Crippen molar-refractivity contribution in [1.82, 2.24) is 9.55 Å². The van der Waals surface area contributed by atoms with Gasteiger partial charge in [0.2, 0.25) is 0 Å². The predicted molar refractivity (Wildman–Crippen MR) is 113 cm³/mol. The van der Waals surface area contributed by atoms with Crippen molar-refractivity contribution in [2.24, 2.45) is 0 Å². The smallest absolute Gasteiger partial charge is 0.185 e. The maximum Gasteiger partial charge on any atom is 0.185 e. The molecule has 4 aromatic rings. The van der Waals surface area contributed by atoms with Gasteiger partial charge >= 0.3 is 0 Å². The average molecular weight is 382 g/mol. The van der Waals surface area contributed by atoms with Crippen molar-refractivity contribution in [3.63, 3.8) is 0 Å². The number of aldehydes is 1. The number of rotatable bonds is 4. The Balaban J connectivity index is 1.71. The Bertz CT molecular complexity index is 1160. The summed E-state index contributed by atoms with van der Waals surface area (Å²) in [7, 11) is 0. The van der Waals surface area contributed by atoms with Crippen LogP contribution in [0.25, 0.3) is 22.5 Å². The molecule has 136 valence electrons. The summed E-state index contributed by atoms with van der Waals surface area (Å²) in [6.07, 6.45) is 1.72. The monoisotopic (exact) mass is 382 g/mol. The van der Waals surface area contributed by atoms with Crippen molar-refractivity contribution in [2.45, 2.75) is 22.8 Å². The zero-order valence-electron chi connectivity index (χ0n) is 15.2. The van der Waals surface area contributed by atoms with Gasteiger partial charge in [0.05, 0.1) is 11.4 Å². The second-order valence-electron chi connectivity index (χ2n) is 6.77. The number of benzene rings is 3. The lowest BCUT2D eigenvalue weighted by molar-refractivity contribution is 0.111. The third-order valence-electron chi connectivity index (χ3n) is 5.07. The molecule has 2 heterocycles. The topological polar surface area (TPSA) is 34.9 Å². The minimum atomic E-state index is 0.484. The number of carbonyl (C=O) groups excluding carboxylic acids is 1. The SMILES string of the molecule is O=Cc1nc2c(n1CCc1ccccc1)-c1ccccc1Sc1ccccc1-2. The summed E-state index contributed by atoms with van der Waals surface area (Å²) in [5, 5.41) is 0. The van der Waals surface area contributed by atoms with Gasteiger partial charge in [0.25, 0.3) is 0 Å². The molecule has 5 rings (SSSR count). The summed E-state index contributed by atoms with van der Waals surface area (Å²) in [5.41, 5.74) is 5.39. The molecule has 0 saturated heterocycles. The number of hydrogen-bond donors (Lipinski definition) is 0. The lowest BCUT2D eigenvalue weighted by Crippen LogP contribution is -2.07. The maximum atomic E-state index is 11.9. The molecule has 1 aliphatic heterocycles. The van der Waals surface area contributed by atoms with Crippen molar-refractivity contribution in [1.29, 1.82) is 0 Å².